The summed E-state index contributed by atoms with van der Waals surface area (Å²) in [6, 6.07) is 11.4. The van der Waals surface area contributed by atoms with Crippen molar-refractivity contribution in [1.29, 1.82) is 0 Å². The Hall–Kier alpha value is -3.80. The topological polar surface area (TPSA) is 117 Å². The van der Waals surface area contributed by atoms with E-state index in [1.165, 1.54) is 12.1 Å². The molecule has 230 valence electrons. The van der Waals surface area contributed by atoms with Gasteiger partial charge in [-0.1, -0.05) is 18.2 Å². The van der Waals surface area contributed by atoms with Gasteiger partial charge in [0.25, 0.3) is 0 Å². The molecule has 1 aliphatic carbocycles. The van der Waals surface area contributed by atoms with Crippen LogP contribution in [0.2, 0.25) is 0 Å². The van der Waals surface area contributed by atoms with Gasteiger partial charge in [0.2, 0.25) is 11.8 Å². The van der Waals surface area contributed by atoms with Gasteiger partial charge < -0.3 is 29.7 Å². The molecule has 0 spiro atoms. The summed E-state index contributed by atoms with van der Waals surface area (Å²) >= 11 is 0. The summed E-state index contributed by atoms with van der Waals surface area (Å²) < 4.78 is 47.2. The number of imidazole rings is 1. The fourth-order valence-electron chi connectivity index (χ4n) is 6.65. The highest BCUT2D eigenvalue weighted by atomic mass is 19.4. The second kappa shape index (κ2) is 12.1. The van der Waals surface area contributed by atoms with Crippen molar-refractivity contribution in [1.82, 2.24) is 20.2 Å². The number of rotatable bonds is 7. The normalized spacial score (nSPS) is 24.9. The van der Waals surface area contributed by atoms with Crippen molar-refractivity contribution in [2.45, 2.75) is 69.4 Å². The maximum atomic E-state index is 13.0. The van der Waals surface area contributed by atoms with E-state index < -0.39 is 6.36 Å². The number of carbonyl (C=O) groups excluding carboxylic acids is 2. The van der Waals surface area contributed by atoms with Gasteiger partial charge in [0, 0.05) is 31.7 Å². The second-order valence-electron chi connectivity index (χ2n) is 12.0. The van der Waals surface area contributed by atoms with Crippen LogP contribution in [0.15, 0.2) is 47.3 Å². The second-order valence-corrected chi connectivity index (χ2v) is 12.0. The quantitative estimate of drug-likeness (QED) is 0.372. The molecule has 1 saturated carbocycles. The third kappa shape index (κ3) is 7.06. The Bertz CT molecular complexity index is 1500. The van der Waals surface area contributed by atoms with Crippen molar-refractivity contribution < 1.29 is 32.2 Å². The van der Waals surface area contributed by atoms with Gasteiger partial charge in [-0.2, -0.15) is 0 Å². The van der Waals surface area contributed by atoms with Crippen LogP contribution in [-0.4, -0.2) is 64.9 Å². The molecule has 0 bridgehead atoms. The van der Waals surface area contributed by atoms with Crippen molar-refractivity contribution in [2.24, 2.45) is 11.8 Å². The largest absolute Gasteiger partial charge is 0.573 e. The number of aromatic nitrogens is 2. The van der Waals surface area contributed by atoms with E-state index in [1.807, 2.05) is 17.0 Å². The van der Waals surface area contributed by atoms with Gasteiger partial charge in [0.15, 0.2) is 0 Å². The lowest BCUT2D eigenvalue weighted by molar-refractivity contribution is -0.274. The Morgan fingerprint density at radius 3 is 2.42 bits per heavy atom. The Balaban J connectivity index is 0.929. The summed E-state index contributed by atoms with van der Waals surface area (Å²) in [5, 5.41) is 3.21. The van der Waals surface area contributed by atoms with E-state index in [0.29, 0.717) is 49.5 Å². The maximum Gasteiger partial charge on any atom is 0.573 e. The molecule has 2 atom stereocenters. The first kappa shape index (κ1) is 29.3. The number of H-pyrrole nitrogens is 2. The Labute approximate surface area is 246 Å². The van der Waals surface area contributed by atoms with Crippen LogP contribution in [0.5, 0.6) is 5.75 Å². The molecule has 0 radical (unpaired) electrons. The van der Waals surface area contributed by atoms with E-state index >= 15 is 0 Å². The summed E-state index contributed by atoms with van der Waals surface area (Å²) in [5.41, 5.74) is 2.90. The first-order valence-corrected chi connectivity index (χ1v) is 14.9. The highest BCUT2D eigenvalue weighted by Gasteiger charge is 2.38. The van der Waals surface area contributed by atoms with E-state index in [1.54, 1.807) is 18.2 Å². The van der Waals surface area contributed by atoms with Crippen LogP contribution in [0.4, 0.5) is 13.2 Å². The van der Waals surface area contributed by atoms with Crippen molar-refractivity contribution in [2.75, 3.05) is 19.7 Å². The van der Waals surface area contributed by atoms with Gasteiger partial charge in [-0.15, -0.1) is 13.2 Å². The third-order valence-electron chi connectivity index (χ3n) is 9.11. The molecule has 2 amide bonds. The maximum absolute atomic E-state index is 13.0. The van der Waals surface area contributed by atoms with E-state index in [2.05, 4.69) is 20.0 Å². The van der Waals surface area contributed by atoms with Crippen LogP contribution in [0.3, 0.4) is 0 Å². The molecular formula is C31H35F3N4O5. The molecule has 9 nitrogen and oxygen atoms in total. The molecule has 6 rings (SSSR count). The summed E-state index contributed by atoms with van der Waals surface area (Å²) in [6.07, 6.45) is 0.130. The fraction of sp³-hybridized carbons (Fsp3) is 0.516. The summed E-state index contributed by atoms with van der Waals surface area (Å²) in [4.78, 5) is 44.7. The molecule has 2 saturated heterocycles. The van der Waals surface area contributed by atoms with Crippen LogP contribution in [0, 0.1) is 11.8 Å². The fourth-order valence-corrected chi connectivity index (χ4v) is 6.65. The zero-order valence-corrected chi connectivity index (χ0v) is 23.6. The molecule has 3 fully saturated rings. The molecule has 2 aromatic carbocycles. The molecule has 3 aromatic rings. The standard InChI is InChI=1S/C31H35F3N4O5/c32-31(33,34)43-24-4-2-19(3-5-24)21-15-22(16-21)29(40)35-23-9-12-42-27(17-23)20-7-10-38(11-8-20)28(39)14-18-1-6-25-26(13-18)37-30(41)36-25/h1-6,13,20-23,27H,7-12,14-17H2,(H,35,40)(H2,36,37,41). The summed E-state index contributed by atoms with van der Waals surface area (Å²) in [6.45, 7) is 1.91. The van der Waals surface area contributed by atoms with Crippen LogP contribution in [-0.2, 0) is 20.7 Å². The number of alkyl halides is 3. The molecular weight excluding hydrogens is 565 g/mol. The zero-order chi connectivity index (χ0) is 30.1. The minimum absolute atomic E-state index is 0.0289. The Kier molecular flexibility index (Phi) is 8.21. The minimum atomic E-state index is -4.72. The number of benzene rings is 2. The summed E-state index contributed by atoms with van der Waals surface area (Å²) in [7, 11) is 0. The number of fused-ring (bicyclic) bond motifs is 1. The van der Waals surface area contributed by atoms with Gasteiger partial charge in [-0.3, -0.25) is 9.59 Å². The molecule has 2 aliphatic heterocycles. The van der Waals surface area contributed by atoms with E-state index in [0.717, 1.165) is 36.8 Å². The first-order chi connectivity index (χ1) is 20.6. The molecule has 1 aromatic heterocycles. The van der Waals surface area contributed by atoms with E-state index in [9.17, 15) is 27.6 Å². The number of nitrogens with zero attached hydrogens (tertiary/aromatic N) is 1. The molecule has 3 N–H and O–H groups in total. The number of piperidine rings is 1. The van der Waals surface area contributed by atoms with Crippen LogP contribution >= 0.6 is 0 Å². The number of amides is 2. The van der Waals surface area contributed by atoms with Crippen LogP contribution in [0.25, 0.3) is 11.0 Å². The van der Waals surface area contributed by atoms with Crippen molar-refractivity contribution in [3.63, 3.8) is 0 Å². The molecule has 2 unspecified atom stereocenters. The SMILES string of the molecule is O=C(NC1CCOC(C2CCN(C(=O)Cc3ccc4[nH]c(=O)[nH]c4c3)CC2)C1)C1CC(c2ccc(OC(F)(F)F)cc2)C1. The first-order valence-electron chi connectivity index (χ1n) is 14.9. The van der Waals surface area contributed by atoms with Gasteiger partial charge >= 0.3 is 12.1 Å². The minimum Gasteiger partial charge on any atom is -0.406 e. The smallest absolute Gasteiger partial charge is 0.406 e. The number of aromatic amines is 2. The zero-order valence-electron chi connectivity index (χ0n) is 23.6. The van der Waals surface area contributed by atoms with Crippen LogP contribution < -0.4 is 15.7 Å². The number of ether oxygens (including phenoxy) is 2. The van der Waals surface area contributed by atoms with E-state index in [-0.39, 0.29) is 53.7 Å². The number of halogens is 3. The molecule has 3 heterocycles. The third-order valence-corrected chi connectivity index (χ3v) is 9.11. The van der Waals surface area contributed by atoms with Gasteiger partial charge in [0.1, 0.15) is 5.75 Å². The predicted octanol–water partition coefficient (Wildman–Crippen LogP) is 4.39. The van der Waals surface area contributed by atoms with Gasteiger partial charge in [0.05, 0.1) is 23.6 Å². The summed E-state index contributed by atoms with van der Waals surface area (Å²) in [5.74, 6) is 0.205. The number of nitrogens with one attached hydrogen (secondary N) is 3. The van der Waals surface area contributed by atoms with Gasteiger partial charge in [-0.05, 0) is 85.8 Å². The number of likely N-dealkylation sites (tertiary alicyclic amines) is 1. The lowest BCUT2D eigenvalue weighted by Crippen LogP contribution is -2.49. The monoisotopic (exact) mass is 600 g/mol. The average molecular weight is 601 g/mol. The lowest BCUT2D eigenvalue weighted by Gasteiger charge is -2.40. The molecule has 12 heteroatoms. The van der Waals surface area contributed by atoms with Crippen molar-refractivity contribution >= 4 is 22.8 Å². The Morgan fingerprint density at radius 2 is 1.70 bits per heavy atom. The van der Waals surface area contributed by atoms with Gasteiger partial charge in [-0.25, -0.2) is 4.79 Å². The van der Waals surface area contributed by atoms with Crippen molar-refractivity contribution in [3.8, 4) is 5.75 Å². The lowest BCUT2D eigenvalue weighted by atomic mass is 9.71. The number of hydrogen-bond acceptors (Lipinski definition) is 5. The average Bonchev–Trinajstić information content (AvgIpc) is 3.32. The number of hydrogen-bond donors (Lipinski definition) is 3. The molecule has 43 heavy (non-hydrogen) atoms. The highest BCUT2D eigenvalue weighted by molar-refractivity contribution is 5.82. The predicted molar refractivity (Wildman–Crippen MR) is 151 cm³/mol. The van der Waals surface area contributed by atoms with E-state index in [4.69, 9.17) is 4.74 Å². The van der Waals surface area contributed by atoms with Crippen molar-refractivity contribution in [3.05, 3.63) is 64.1 Å². The molecule has 3 aliphatic rings. The Morgan fingerprint density at radius 1 is 0.977 bits per heavy atom. The highest BCUT2D eigenvalue weighted by Crippen LogP contribution is 2.42. The van der Waals surface area contributed by atoms with Crippen LogP contribution in [0.1, 0.15) is 55.6 Å². The number of carbonyl (C=O) groups is 2.